The number of carbonyl (C=O) groups is 5. The van der Waals surface area contributed by atoms with Gasteiger partial charge in [-0.2, -0.15) is 13.2 Å². The number of benzene rings is 3. The standard InChI is InChI=1S/C44H48F3N7O7/c1-27-5-8-31(9-6-27)53-36-12-7-28(23-35(36)48-43(53)50-39(56)29-3-2-4-30(24-29)44(45,46)47)26-52-17-15-51(16-18-52)19-20-60-21-22-61-32-10-11-33-34(25-32)42(59)54(41(33)58)37-13-14-38(55)49-40(37)57/h2-4,7,10-12,23-25,27,31,37H,5-6,8-9,13-22,26H2,1H3,(H,48,50,56)(H,49,55,57)/t27-,31+,37?. The van der Waals surface area contributed by atoms with E-state index in [2.05, 4.69) is 38.0 Å². The number of piperidine rings is 1. The Morgan fingerprint density at radius 1 is 0.852 bits per heavy atom. The molecular weight excluding hydrogens is 796 g/mol. The summed E-state index contributed by atoms with van der Waals surface area (Å²) < 4.78 is 53.9. The number of piperazine rings is 1. The highest BCUT2D eigenvalue weighted by atomic mass is 19.4. The summed E-state index contributed by atoms with van der Waals surface area (Å²) in [6.07, 6.45) is -0.505. The fourth-order valence-corrected chi connectivity index (χ4v) is 8.69. The van der Waals surface area contributed by atoms with E-state index in [1.807, 2.05) is 12.1 Å². The Balaban J connectivity index is 0.801. The summed E-state index contributed by atoms with van der Waals surface area (Å²) in [6, 6.07) is 14.3. The first-order chi connectivity index (χ1) is 29.3. The number of fused-ring (bicyclic) bond motifs is 2. The first-order valence-electron chi connectivity index (χ1n) is 20.8. The van der Waals surface area contributed by atoms with Crippen LogP contribution in [0.1, 0.15) is 93.7 Å². The van der Waals surface area contributed by atoms with Crippen LogP contribution < -0.4 is 15.4 Å². The molecule has 14 nitrogen and oxygen atoms in total. The van der Waals surface area contributed by atoms with Crippen LogP contribution in [0.25, 0.3) is 11.0 Å². The average molecular weight is 844 g/mol. The van der Waals surface area contributed by atoms with E-state index in [0.29, 0.717) is 30.8 Å². The van der Waals surface area contributed by atoms with Crippen LogP contribution in [0.4, 0.5) is 19.1 Å². The zero-order valence-corrected chi connectivity index (χ0v) is 33.8. The molecule has 2 saturated heterocycles. The molecule has 1 unspecified atom stereocenters. The van der Waals surface area contributed by atoms with Gasteiger partial charge in [-0.25, -0.2) is 4.98 Å². The van der Waals surface area contributed by atoms with Gasteiger partial charge in [0.05, 0.1) is 40.9 Å². The smallest absolute Gasteiger partial charge is 0.416 e. The molecule has 1 aromatic heterocycles. The van der Waals surface area contributed by atoms with Crippen molar-refractivity contribution in [1.82, 2.24) is 29.6 Å². The van der Waals surface area contributed by atoms with E-state index in [1.54, 1.807) is 6.07 Å². The minimum atomic E-state index is -4.56. The second-order valence-electron chi connectivity index (χ2n) is 16.3. The maximum absolute atomic E-state index is 13.4. The lowest BCUT2D eigenvalue weighted by molar-refractivity contribution is -0.138. The second-order valence-corrected chi connectivity index (χ2v) is 16.3. The number of nitrogens with one attached hydrogen (secondary N) is 2. The Bertz CT molecular complexity index is 2330. The van der Waals surface area contributed by atoms with Gasteiger partial charge in [-0.15, -0.1) is 0 Å². The van der Waals surface area contributed by atoms with Crippen LogP contribution in [-0.4, -0.2) is 112 Å². The fourth-order valence-electron chi connectivity index (χ4n) is 8.69. The minimum Gasteiger partial charge on any atom is -0.491 e. The fraction of sp³-hybridized carbons (Fsp3) is 0.455. The van der Waals surface area contributed by atoms with Crippen LogP contribution in [0, 0.1) is 5.92 Å². The van der Waals surface area contributed by atoms with Gasteiger partial charge in [-0.3, -0.25) is 49.3 Å². The first-order valence-corrected chi connectivity index (χ1v) is 20.8. The number of nitrogens with zero attached hydrogens (tertiary/aromatic N) is 5. The van der Waals surface area contributed by atoms with Gasteiger partial charge >= 0.3 is 6.18 Å². The summed E-state index contributed by atoms with van der Waals surface area (Å²) in [7, 11) is 0. The Hall–Kier alpha value is -5.65. The molecule has 1 saturated carbocycles. The van der Waals surface area contributed by atoms with Gasteiger partial charge in [0.1, 0.15) is 18.4 Å². The monoisotopic (exact) mass is 843 g/mol. The molecule has 0 bridgehead atoms. The van der Waals surface area contributed by atoms with Gasteiger partial charge < -0.3 is 14.0 Å². The van der Waals surface area contributed by atoms with Crippen molar-refractivity contribution in [3.63, 3.8) is 0 Å². The summed E-state index contributed by atoms with van der Waals surface area (Å²) in [5, 5.41) is 5.03. The van der Waals surface area contributed by atoms with Crippen LogP contribution in [0.15, 0.2) is 60.7 Å². The number of imide groups is 2. The maximum atomic E-state index is 13.4. The summed E-state index contributed by atoms with van der Waals surface area (Å²) in [5.41, 5.74) is 2.07. The summed E-state index contributed by atoms with van der Waals surface area (Å²) in [6.45, 7) is 8.19. The molecule has 61 heavy (non-hydrogen) atoms. The number of halogens is 3. The molecule has 0 radical (unpaired) electrons. The van der Waals surface area contributed by atoms with Gasteiger partial charge in [0.15, 0.2) is 0 Å². The van der Waals surface area contributed by atoms with Crippen molar-refractivity contribution in [2.45, 2.75) is 70.3 Å². The van der Waals surface area contributed by atoms with Crippen molar-refractivity contribution in [3.8, 4) is 5.75 Å². The Morgan fingerprint density at radius 2 is 1.61 bits per heavy atom. The van der Waals surface area contributed by atoms with Crippen molar-refractivity contribution in [3.05, 3.63) is 88.5 Å². The third kappa shape index (κ3) is 9.33. The number of ether oxygens (including phenoxy) is 2. The van der Waals surface area contributed by atoms with Gasteiger partial charge in [0, 0.05) is 57.3 Å². The number of hydrogen-bond acceptors (Lipinski definition) is 10. The van der Waals surface area contributed by atoms with E-state index in [0.717, 1.165) is 98.6 Å². The van der Waals surface area contributed by atoms with Crippen LogP contribution in [0.5, 0.6) is 5.75 Å². The first kappa shape index (κ1) is 42.1. The number of amides is 5. The van der Waals surface area contributed by atoms with E-state index in [1.165, 1.54) is 24.3 Å². The molecule has 0 spiro atoms. The van der Waals surface area contributed by atoms with Gasteiger partial charge in [-0.1, -0.05) is 19.1 Å². The number of imidazole rings is 1. The molecule has 17 heteroatoms. The van der Waals surface area contributed by atoms with Crippen LogP contribution in [0.3, 0.4) is 0 Å². The van der Waals surface area contributed by atoms with Crippen molar-refractivity contribution in [1.29, 1.82) is 0 Å². The van der Waals surface area contributed by atoms with Gasteiger partial charge in [-0.05, 0) is 92.1 Å². The molecule has 4 aromatic rings. The van der Waals surface area contributed by atoms with Crippen molar-refractivity contribution < 1.29 is 46.6 Å². The van der Waals surface area contributed by atoms with Crippen molar-refractivity contribution in [2.24, 2.45) is 5.92 Å². The number of anilines is 1. The van der Waals surface area contributed by atoms with Crippen molar-refractivity contribution in [2.75, 3.05) is 57.9 Å². The second kappa shape index (κ2) is 17.8. The molecule has 5 amide bonds. The highest BCUT2D eigenvalue weighted by Gasteiger charge is 2.44. The molecule has 3 aliphatic heterocycles. The number of hydrogen-bond donors (Lipinski definition) is 2. The predicted molar refractivity (Wildman–Crippen MR) is 217 cm³/mol. The zero-order valence-electron chi connectivity index (χ0n) is 33.8. The van der Waals surface area contributed by atoms with Crippen LogP contribution in [-0.2, 0) is 27.0 Å². The Labute approximate surface area is 350 Å². The maximum Gasteiger partial charge on any atom is 0.416 e. The molecule has 4 aliphatic rings. The molecule has 8 rings (SSSR count). The summed E-state index contributed by atoms with van der Waals surface area (Å²) >= 11 is 0. The third-order valence-electron chi connectivity index (χ3n) is 12.1. The summed E-state index contributed by atoms with van der Waals surface area (Å²) in [4.78, 5) is 73.7. The van der Waals surface area contributed by atoms with Crippen LogP contribution >= 0.6 is 0 Å². The van der Waals surface area contributed by atoms with Gasteiger partial charge in [0.2, 0.25) is 17.8 Å². The number of alkyl halides is 3. The van der Waals surface area contributed by atoms with E-state index in [-0.39, 0.29) is 42.2 Å². The average Bonchev–Trinajstić information content (AvgIpc) is 3.71. The SMILES string of the molecule is C[C@H]1CC[C@@H](n2c(NC(=O)c3cccc(C(F)(F)F)c3)nc3cc(CN4CCN(CCOCCOc5ccc6c(c5)C(=O)N(C5CCC(=O)NC5=O)C6=O)CC4)ccc32)CC1. The van der Waals surface area contributed by atoms with E-state index in [4.69, 9.17) is 14.5 Å². The lowest BCUT2D eigenvalue weighted by atomic mass is 9.87. The molecule has 2 N–H and O–H groups in total. The third-order valence-corrected chi connectivity index (χ3v) is 12.1. The predicted octanol–water partition coefficient (Wildman–Crippen LogP) is 5.67. The number of carbonyl (C=O) groups excluding carboxylic acids is 5. The lowest BCUT2D eigenvalue weighted by Gasteiger charge is -2.34. The number of aromatic nitrogens is 2. The molecule has 322 valence electrons. The zero-order chi connectivity index (χ0) is 42.8. The highest BCUT2D eigenvalue weighted by molar-refractivity contribution is 6.23. The molecule has 1 aliphatic carbocycles. The minimum absolute atomic E-state index is 0.0509. The molecule has 3 fully saturated rings. The quantitative estimate of drug-likeness (QED) is 0.127. The van der Waals surface area contributed by atoms with E-state index < -0.39 is 47.3 Å². The van der Waals surface area contributed by atoms with Crippen LogP contribution in [0.2, 0.25) is 0 Å². The van der Waals surface area contributed by atoms with E-state index >= 15 is 0 Å². The Kier molecular flexibility index (Phi) is 12.2. The largest absolute Gasteiger partial charge is 0.491 e. The normalized spacial score (nSPS) is 21.5. The topological polar surface area (TPSA) is 155 Å². The molecule has 3 aromatic carbocycles. The van der Waals surface area contributed by atoms with Gasteiger partial charge in [0.25, 0.3) is 17.7 Å². The lowest BCUT2D eigenvalue weighted by Crippen LogP contribution is -2.54. The molecule has 4 heterocycles. The van der Waals surface area contributed by atoms with E-state index in [9.17, 15) is 37.1 Å². The summed E-state index contributed by atoms with van der Waals surface area (Å²) in [5.74, 6) is -1.54. The number of rotatable bonds is 13. The highest BCUT2D eigenvalue weighted by Crippen LogP contribution is 2.37. The molecular formula is C44H48F3N7O7. The van der Waals surface area contributed by atoms with Crippen molar-refractivity contribution >= 4 is 46.5 Å². The Morgan fingerprint density at radius 3 is 2.36 bits per heavy atom. The molecule has 1 atom stereocenters.